The maximum atomic E-state index is 11.7. The van der Waals surface area contributed by atoms with E-state index in [4.69, 9.17) is 0 Å². The Morgan fingerprint density at radius 3 is 2.61 bits per heavy atom. The van der Waals surface area contributed by atoms with E-state index in [1.807, 2.05) is 36.1 Å². The molecule has 126 valence electrons. The van der Waals surface area contributed by atoms with E-state index in [9.17, 15) is 8.42 Å². The van der Waals surface area contributed by atoms with Crippen molar-refractivity contribution in [3.63, 3.8) is 0 Å². The topological polar surface area (TPSA) is 58.4 Å². The van der Waals surface area contributed by atoms with E-state index in [0.29, 0.717) is 6.42 Å². The van der Waals surface area contributed by atoms with Gasteiger partial charge in [-0.1, -0.05) is 12.1 Å². The van der Waals surface area contributed by atoms with Crippen LogP contribution in [-0.4, -0.2) is 60.8 Å². The third kappa shape index (κ3) is 5.16. The van der Waals surface area contributed by atoms with Crippen LogP contribution < -0.4 is 0 Å². The van der Waals surface area contributed by atoms with E-state index in [1.165, 1.54) is 9.87 Å². The van der Waals surface area contributed by atoms with Gasteiger partial charge in [0.2, 0.25) is 10.0 Å². The Balaban J connectivity index is 1.88. The molecule has 2 rings (SSSR count). The standard InChI is InChI=1S/C16H24N4O2S/c1-18(2)23(21,22)12-6-10-19(3)14-15-7-4-8-16(13-15)20-11-5-9-17-20/h4-5,7-9,11,13H,6,10,12,14H2,1-3H3. The summed E-state index contributed by atoms with van der Waals surface area (Å²) in [7, 11) is 2.03. The third-order valence-electron chi connectivity index (χ3n) is 3.63. The first kappa shape index (κ1) is 17.7. The minimum absolute atomic E-state index is 0.178. The fourth-order valence-corrected chi connectivity index (χ4v) is 3.17. The number of nitrogens with zero attached hydrogens (tertiary/aromatic N) is 4. The van der Waals surface area contributed by atoms with Gasteiger partial charge in [-0.3, -0.25) is 0 Å². The van der Waals surface area contributed by atoms with E-state index < -0.39 is 10.0 Å². The molecular weight excluding hydrogens is 312 g/mol. The molecule has 0 amide bonds. The first-order chi connectivity index (χ1) is 10.9. The van der Waals surface area contributed by atoms with Gasteiger partial charge < -0.3 is 4.90 Å². The van der Waals surface area contributed by atoms with Crippen molar-refractivity contribution in [1.82, 2.24) is 19.0 Å². The first-order valence-corrected chi connectivity index (χ1v) is 9.17. The SMILES string of the molecule is CN(CCCS(=O)(=O)N(C)C)Cc1cccc(-n2cccn2)c1. The molecule has 7 heteroatoms. The minimum Gasteiger partial charge on any atom is -0.302 e. The molecule has 0 saturated carbocycles. The maximum Gasteiger partial charge on any atom is 0.213 e. The molecule has 0 unspecified atom stereocenters. The average molecular weight is 336 g/mol. The van der Waals surface area contributed by atoms with Crippen LogP contribution in [0.25, 0.3) is 5.69 Å². The van der Waals surface area contributed by atoms with E-state index in [2.05, 4.69) is 22.1 Å². The smallest absolute Gasteiger partial charge is 0.213 e. The van der Waals surface area contributed by atoms with Crippen molar-refractivity contribution in [2.75, 3.05) is 33.4 Å². The second-order valence-electron chi connectivity index (χ2n) is 5.81. The Bertz CT molecular complexity index is 711. The van der Waals surface area contributed by atoms with Gasteiger partial charge in [0.05, 0.1) is 11.4 Å². The summed E-state index contributed by atoms with van der Waals surface area (Å²) < 4.78 is 26.6. The molecule has 2 aromatic rings. The van der Waals surface area contributed by atoms with Crippen LogP contribution in [0.1, 0.15) is 12.0 Å². The number of rotatable bonds is 8. The molecule has 1 heterocycles. The number of aromatic nitrogens is 2. The Hall–Kier alpha value is -1.70. The van der Waals surface area contributed by atoms with E-state index in [-0.39, 0.29) is 5.75 Å². The lowest BCUT2D eigenvalue weighted by Crippen LogP contribution is -2.28. The van der Waals surface area contributed by atoms with Crippen LogP contribution in [0.5, 0.6) is 0 Å². The summed E-state index contributed by atoms with van der Waals surface area (Å²) in [5.41, 5.74) is 2.20. The zero-order valence-electron chi connectivity index (χ0n) is 13.9. The molecule has 6 nitrogen and oxygen atoms in total. The van der Waals surface area contributed by atoms with Gasteiger partial charge in [-0.15, -0.1) is 0 Å². The van der Waals surface area contributed by atoms with Crippen LogP contribution in [0.2, 0.25) is 0 Å². The number of benzene rings is 1. The molecule has 1 aromatic carbocycles. The average Bonchev–Trinajstić information content (AvgIpc) is 3.01. The molecule has 0 aliphatic carbocycles. The predicted molar refractivity (Wildman–Crippen MR) is 92.0 cm³/mol. The highest BCUT2D eigenvalue weighted by molar-refractivity contribution is 7.89. The summed E-state index contributed by atoms with van der Waals surface area (Å²) >= 11 is 0. The predicted octanol–water partition coefficient (Wildman–Crippen LogP) is 1.59. The number of sulfonamides is 1. The monoisotopic (exact) mass is 336 g/mol. The Morgan fingerprint density at radius 1 is 1.17 bits per heavy atom. The fourth-order valence-electron chi connectivity index (χ4n) is 2.31. The highest BCUT2D eigenvalue weighted by Gasteiger charge is 2.13. The molecule has 0 atom stereocenters. The Labute approximate surface area is 138 Å². The summed E-state index contributed by atoms with van der Waals surface area (Å²) in [5, 5.41) is 4.23. The first-order valence-electron chi connectivity index (χ1n) is 7.56. The van der Waals surface area contributed by atoms with E-state index in [0.717, 1.165) is 18.8 Å². The lowest BCUT2D eigenvalue weighted by atomic mass is 10.2. The van der Waals surface area contributed by atoms with Crippen LogP contribution in [-0.2, 0) is 16.6 Å². The molecule has 0 radical (unpaired) electrons. The Kier molecular flexibility index (Phi) is 5.92. The van der Waals surface area contributed by atoms with Crippen LogP contribution in [0.3, 0.4) is 0 Å². The van der Waals surface area contributed by atoms with Crippen LogP contribution in [0.15, 0.2) is 42.7 Å². The van der Waals surface area contributed by atoms with Gasteiger partial charge >= 0.3 is 0 Å². The summed E-state index contributed by atoms with van der Waals surface area (Å²) in [5.74, 6) is 0.178. The van der Waals surface area contributed by atoms with Crippen molar-refractivity contribution in [2.24, 2.45) is 0 Å². The fraction of sp³-hybridized carbons (Fsp3) is 0.438. The van der Waals surface area contributed by atoms with Crippen molar-refractivity contribution >= 4 is 10.0 Å². The zero-order chi connectivity index (χ0) is 16.9. The minimum atomic E-state index is -3.11. The summed E-state index contributed by atoms with van der Waals surface area (Å²) in [4.78, 5) is 2.13. The van der Waals surface area contributed by atoms with E-state index in [1.54, 1.807) is 20.3 Å². The zero-order valence-corrected chi connectivity index (χ0v) is 14.7. The third-order valence-corrected chi connectivity index (χ3v) is 5.55. The van der Waals surface area contributed by atoms with Crippen LogP contribution in [0.4, 0.5) is 0 Å². The quantitative estimate of drug-likeness (QED) is 0.734. The summed E-state index contributed by atoms with van der Waals surface area (Å²) in [6.45, 7) is 1.51. The molecule has 0 spiro atoms. The van der Waals surface area contributed by atoms with Gasteiger partial charge in [0, 0.05) is 33.0 Å². The van der Waals surface area contributed by atoms with Gasteiger partial charge in [-0.2, -0.15) is 5.10 Å². The lowest BCUT2D eigenvalue weighted by molar-refractivity contribution is 0.327. The molecule has 0 N–H and O–H groups in total. The highest BCUT2D eigenvalue weighted by Crippen LogP contribution is 2.11. The van der Waals surface area contributed by atoms with Gasteiger partial charge in [-0.25, -0.2) is 17.4 Å². The van der Waals surface area contributed by atoms with Crippen molar-refractivity contribution in [3.05, 3.63) is 48.3 Å². The second-order valence-corrected chi connectivity index (χ2v) is 8.11. The molecule has 1 aromatic heterocycles. The maximum absolute atomic E-state index is 11.7. The summed E-state index contributed by atoms with van der Waals surface area (Å²) in [6.07, 6.45) is 4.29. The van der Waals surface area contributed by atoms with Gasteiger partial charge in [0.25, 0.3) is 0 Å². The molecule has 0 saturated heterocycles. The molecule has 0 aliphatic heterocycles. The van der Waals surface area contributed by atoms with Gasteiger partial charge in [-0.05, 0) is 43.8 Å². The molecule has 0 bridgehead atoms. The van der Waals surface area contributed by atoms with E-state index >= 15 is 0 Å². The normalized spacial score (nSPS) is 12.2. The van der Waals surface area contributed by atoms with Crippen molar-refractivity contribution in [1.29, 1.82) is 0 Å². The van der Waals surface area contributed by atoms with Crippen LogP contribution >= 0.6 is 0 Å². The number of hydrogen-bond donors (Lipinski definition) is 0. The lowest BCUT2D eigenvalue weighted by Gasteiger charge is -2.18. The molecule has 23 heavy (non-hydrogen) atoms. The van der Waals surface area contributed by atoms with Crippen molar-refractivity contribution < 1.29 is 8.42 Å². The second kappa shape index (κ2) is 7.72. The number of hydrogen-bond acceptors (Lipinski definition) is 4. The van der Waals surface area contributed by atoms with Gasteiger partial charge in [0.1, 0.15) is 0 Å². The summed E-state index contributed by atoms with van der Waals surface area (Å²) in [6, 6.07) is 10.1. The largest absolute Gasteiger partial charge is 0.302 e. The molecule has 0 fully saturated rings. The molecule has 0 aliphatic rings. The van der Waals surface area contributed by atoms with Crippen molar-refractivity contribution in [3.8, 4) is 5.69 Å². The Morgan fingerprint density at radius 2 is 1.96 bits per heavy atom. The molecular formula is C16H24N4O2S. The highest BCUT2D eigenvalue weighted by atomic mass is 32.2. The van der Waals surface area contributed by atoms with Crippen LogP contribution in [0, 0.1) is 0 Å². The van der Waals surface area contributed by atoms with Gasteiger partial charge in [0.15, 0.2) is 0 Å². The van der Waals surface area contributed by atoms with Crippen molar-refractivity contribution in [2.45, 2.75) is 13.0 Å².